The van der Waals surface area contributed by atoms with E-state index >= 15 is 0 Å². The first-order chi connectivity index (χ1) is 19.1. The summed E-state index contributed by atoms with van der Waals surface area (Å²) in [6, 6.07) is 10.9. The number of hydrogen-bond donors (Lipinski definition) is 2. The Labute approximate surface area is 237 Å². The Kier molecular flexibility index (Phi) is 8.34. The highest BCUT2D eigenvalue weighted by Gasteiger charge is 2.52. The number of nitrogens with zero attached hydrogens (tertiary/aromatic N) is 2. The van der Waals surface area contributed by atoms with Crippen molar-refractivity contribution < 1.29 is 32.7 Å². The molecule has 2 aromatic carbocycles. The van der Waals surface area contributed by atoms with Crippen LogP contribution in [0.2, 0.25) is 0 Å². The zero-order valence-corrected chi connectivity index (χ0v) is 23.7. The molecule has 0 bridgehead atoms. The van der Waals surface area contributed by atoms with Crippen LogP contribution in [-0.4, -0.2) is 45.7 Å². The maximum absolute atomic E-state index is 14.0. The third-order valence-corrected chi connectivity index (χ3v) is 8.31. The lowest BCUT2D eigenvalue weighted by atomic mass is 9.69. The smallest absolute Gasteiger partial charge is 0.416 e. The molecule has 220 valence electrons. The van der Waals surface area contributed by atoms with Crippen LogP contribution in [0.25, 0.3) is 0 Å². The van der Waals surface area contributed by atoms with E-state index in [1.807, 2.05) is 6.92 Å². The first kappa shape index (κ1) is 30.3. The van der Waals surface area contributed by atoms with Crippen molar-refractivity contribution in [3.05, 3.63) is 70.8 Å². The summed E-state index contributed by atoms with van der Waals surface area (Å²) >= 11 is 0. The number of carboxylic acid groups (broad SMARTS) is 1. The molecule has 2 aliphatic rings. The first-order valence-corrected chi connectivity index (χ1v) is 13.8. The summed E-state index contributed by atoms with van der Waals surface area (Å²) in [5.74, 6) is -1.49. The largest absolute Gasteiger partial charge is 0.481 e. The van der Waals surface area contributed by atoms with Crippen molar-refractivity contribution in [3.63, 3.8) is 0 Å². The fourth-order valence-electron chi connectivity index (χ4n) is 5.95. The van der Waals surface area contributed by atoms with Crippen molar-refractivity contribution >= 4 is 23.5 Å². The van der Waals surface area contributed by atoms with Crippen LogP contribution in [0.15, 0.2) is 53.5 Å². The van der Waals surface area contributed by atoms with Gasteiger partial charge in [-0.15, -0.1) is 0 Å². The van der Waals surface area contributed by atoms with Crippen LogP contribution in [0.4, 0.5) is 13.2 Å². The third-order valence-electron chi connectivity index (χ3n) is 8.31. The Hall–Kier alpha value is -3.69. The van der Waals surface area contributed by atoms with Crippen LogP contribution >= 0.6 is 0 Å². The SMILES string of the molecule is C[C@H](c1cccc(C(=O)NCCC(=O)O)c1)N1C(=O)C(c2cccc(C(F)(F)F)c2)=NC12CCC(C(C)(C)C)CC2. The Morgan fingerprint density at radius 1 is 1.10 bits per heavy atom. The molecule has 4 rings (SSSR count). The average Bonchev–Trinajstić information content (AvgIpc) is 3.18. The number of aliphatic carboxylic acids is 1. The number of rotatable bonds is 7. The Balaban J connectivity index is 1.69. The van der Waals surface area contributed by atoms with Crippen molar-refractivity contribution in [1.29, 1.82) is 0 Å². The average molecular weight is 572 g/mol. The van der Waals surface area contributed by atoms with Crippen molar-refractivity contribution in [3.8, 4) is 0 Å². The monoisotopic (exact) mass is 571 g/mol. The molecular formula is C31H36F3N3O4. The van der Waals surface area contributed by atoms with Gasteiger partial charge < -0.3 is 15.3 Å². The summed E-state index contributed by atoms with van der Waals surface area (Å²) in [4.78, 5) is 44.1. The standard InChI is InChI=1S/C31H36F3N3O4/c1-19(20-7-5-9-22(17-20)27(40)35-16-13-25(38)39)37-28(41)26(21-8-6-10-24(18-21)31(32,33)34)36-30(37)14-11-23(12-15-30)29(2,3)4/h5-10,17-19,23H,11-16H2,1-4H3,(H,35,40)(H,38,39)/t19-,23?,30?/m1/s1. The van der Waals surface area contributed by atoms with Gasteiger partial charge in [-0.05, 0) is 73.8 Å². The van der Waals surface area contributed by atoms with Crippen LogP contribution < -0.4 is 5.32 Å². The number of carbonyl (C=O) groups excluding carboxylic acids is 2. The number of alkyl halides is 3. The summed E-state index contributed by atoms with van der Waals surface area (Å²) in [6.45, 7) is 8.35. The summed E-state index contributed by atoms with van der Waals surface area (Å²) in [5, 5.41) is 11.4. The molecule has 2 aromatic rings. The number of carbonyl (C=O) groups is 3. The molecule has 1 spiro atoms. The van der Waals surface area contributed by atoms with E-state index in [1.54, 1.807) is 29.2 Å². The minimum Gasteiger partial charge on any atom is -0.481 e. The van der Waals surface area contributed by atoms with E-state index in [-0.39, 0.29) is 29.7 Å². The molecule has 1 aliphatic carbocycles. The molecule has 0 aromatic heterocycles. The van der Waals surface area contributed by atoms with Gasteiger partial charge in [-0.1, -0.05) is 45.0 Å². The molecular weight excluding hydrogens is 535 g/mol. The lowest BCUT2D eigenvalue weighted by Crippen LogP contribution is -2.51. The molecule has 1 saturated carbocycles. The fraction of sp³-hybridized carbons (Fsp3) is 0.484. The highest BCUT2D eigenvalue weighted by molar-refractivity contribution is 6.46. The predicted octanol–water partition coefficient (Wildman–Crippen LogP) is 6.24. The van der Waals surface area contributed by atoms with Crippen LogP contribution in [0.5, 0.6) is 0 Å². The number of nitrogens with one attached hydrogen (secondary N) is 1. The first-order valence-electron chi connectivity index (χ1n) is 13.8. The zero-order chi connectivity index (χ0) is 30.2. The summed E-state index contributed by atoms with van der Waals surface area (Å²) < 4.78 is 40.5. The molecule has 1 fully saturated rings. The van der Waals surface area contributed by atoms with Gasteiger partial charge in [0, 0.05) is 17.7 Å². The molecule has 1 aliphatic heterocycles. The molecule has 0 unspecified atom stereocenters. The van der Waals surface area contributed by atoms with E-state index < -0.39 is 41.2 Å². The van der Waals surface area contributed by atoms with Crippen LogP contribution in [0.3, 0.4) is 0 Å². The molecule has 1 heterocycles. The van der Waals surface area contributed by atoms with Gasteiger partial charge in [0.15, 0.2) is 0 Å². The van der Waals surface area contributed by atoms with Gasteiger partial charge in [0.2, 0.25) is 0 Å². The summed E-state index contributed by atoms with van der Waals surface area (Å²) in [7, 11) is 0. The molecule has 2 amide bonds. The zero-order valence-electron chi connectivity index (χ0n) is 23.7. The highest BCUT2D eigenvalue weighted by atomic mass is 19.4. The lowest BCUT2D eigenvalue weighted by Gasteiger charge is -2.46. The second kappa shape index (κ2) is 11.3. The van der Waals surface area contributed by atoms with Crippen molar-refractivity contribution in [1.82, 2.24) is 10.2 Å². The molecule has 1 atom stereocenters. The fourth-order valence-corrected chi connectivity index (χ4v) is 5.95. The maximum Gasteiger partial charge on any atom is 0.416 e. The third kappa shape index (κ3) is 6.47. The van der Waals surface area contributed by atoms with E-state index in [1.165, 1.54) is 12.1 Å². The lowest BCUT2D eigenvalue weighted by molar-refractivity contribution is -0.138. The second-order valence-electron chi connectivity index (χ2n) is 12.0. The number of benzene rings is 2. The van der Waals surface area contributed by atoms with Crippen molar-refractivity contribution in [2.24, 2.45) is 16.3 Å². The quantitative estimate of drug-likeness (QED) is 0.411. The second-order valence-corrected chi connectivity index (χ2v) is 12.0. The molecule has 0 saturated heterocycles. The number of aliphatic imine (C=N–C) groups is 1. The molecule has 41 heavy (non-hydrogen) atoms. The van der Waals surface area contributed by atoms with E-state index in [2.05, 4.69) is 26.1 Å². The Bertz CT molecular complexity index is 1350. The van der Waals surface area contributed by atoms with E-state index in [0.29, 0.717) is 29.9 Å². The number of amides is 2. The van der Waals surface area contributed by atoms with Crippen molar-refractivity contribution in [2.75, 3.05) is 6.54 Å². The predicted molar refractivity (Wildman–Crippen MR) is 148 cm³/mol. The topological polar surface area (TPSA) is 99.1 Å². The van der Waals surface area contributed by atoms with Crippen molar-refractivity contribution in [2.45, 2.75) is 77.7 Å². The Morgan fingerprint density at radius 3 is 2.37 bits per heavy atom. The molecule has 7 nitrogen and oxygen atoms in total. The highest BCUT2D eigenvalue weighted by Crippen LogP contribution is 2.49. The number of halogens is 3. The van der Waals surface area contributed by atoms with Gasteiger partial charge >= 0.3 is 12.1 Å². The normalized spacial score (nSPS) is 22.0. The molecule has 2 N–H and O–H groups in total. The van der Waals surface area contributed by atoms with E-state index in [4.69, 9.17) is 10.1 Å². The van der Waals surface area contributed by atoms with Gasteiger partial charge in [-0.25, -0.2) is 0 Å². The number of carboxylic acids is 1. The van der Waals surface area contributed by atoms with Gasteiger partial charge in [0.05, 0.1) is 18.0 Å². The van der Waals surface area contributed by atoms with Crippen LogP contribution in [-0.2, 0) is 15.8 Å². The summed E-state index contributed by atoms with van der Waals surface area (Å²) in [6.07, 6.45) is -2.00. The number of hydrogen-bond acceptors (Lipinski definition) is 4. The van der Waals surface area contributed by atoms with Gasteiger partial charge in [-0.2, -0.15) is 13.2 Å². The van der Waals surface area contributed by atoms with Gasteiger partial charge in [0.1, 0.15) is 11.4 Å². The van der Waals surface area contributed by atoms with Crippen LogP contribution in [0, 0.1) is 11.3 Å². The summed E-state index contributed by atoms with van der Waals surface area (Å²) in [5.41, 5.74) is -0.566. The molecule has 0 radical (unpaired) electrons. The molecule has 10 heteroatoms. The maximum atomic E-state index is 14.0. The van der Waals surface area contributed by atoms with Crippen LogP contribution in [0.1, 0.15) is 92.9 Å². The Morgan fingerprint density at radius 2 is 1.76 bits per heavy atom. The van der Waals surface area contributed by atoms with E-state index in [0.717, 1.165) is 25.0 Å². The minimum atomic E-state index is -4.56. The van der Waals surface area contributed by atoms with Gasteiger partial charge in [-0.3, -0.25) is 19.4 Å². The van der Waals surface area contributed by atoms with Gasteiger partial charge in [0.25, 0.3) is 11.8 Å². The minimum absolute atomic E-state index is 0.0136. The van der Waals surface area contributed by atoms with E-state index in [9.17, 15) is 27.6 Å².